The van der Waals surface area contributed by atoms with Crippen LogP contribution in [0.2, 0.25) is 0 Å². The van der Waals surface area contributed by atoms with Crippen LogP contribution in [0.15, 0.2) is 24.3 Å². The number of piperazine rings is 1. The van der Waals surface area contributed by atoms with Crippen molar-refractivity contribution in [3.05, 3.63) is 29.8 Å². The fraction of sp³-hybridized carbons (Fsp3) is 0.438. The summed E-state index contributed by atoms with van der Waals surface area (Å²) in [7, 11) is 0. The minimum atomic E-state index is -0.346. The third kappa shape index (κ3) is 4.45. The highest BCUT2D eigenvalue weighted by Gasteiger charge is 2.24. The summed E-state index contributed by atoms with van der Waals surface area (Å²) in [6, 6.07) is 6.57. The van der Waals surface area contributed by atoms with Crippen LogP contribution in [0.3, 0.4) is 0 Å². The van der Waals surface area contributed by atoms with E-state index < -0.39 is 0 Å². The Balaban J connectivity index is 1.89. The number of benzene rings is 1. The normalized spacial score (nSPS) is 14.3. The van der Waals surface area contributed by atoms with Crippen molar-refractivity contribution in [1.29, 1.82) is 0 Å². The van der Waals surface area contributed by atoms with Crippen LogP contribution >= 0.6 is 0 Å². The summed E-state index contributed by atoms with van der Waals surface area (Å²) < 4.78 is 4.94. The summed E-state index contributed by atoms with van der Waals surface area (Å²) in [6.07, 6.45) is -0.346. The van der Waals surface area contributed by atoms with Gasteiger partial charge in [-0.15, -0.1) is 0 Å². The van der Waals surface area contributed by atoms with Gasteiger partial charge in [0.2, 0.25) is 0 Å². The molecule has 2 rings (SSSR count). The molecule has 3 amide bonds. The molecule has 0 saturated carbocycles. The first kappa shape index (κ1) is 16.8. The average Bonchev–Trinajstić information content (AvgIpc) is 2.55. The molecule has 0 aromatic heterocycles. The predicted octanol–water partition coefficient (Wildman–Crippen LogP) is 2.20. The summed E-state index contributed by atoms with van der Waals surface area (Å²) in [4.78, 5) is 38.5. The van der Waals surface area contributed by atoms with Crippen LogP contribution in [-0.4, -0.2) is 60.5 Å². The van der Waals surface area contributed by atoms with E-state index in [4.69, 9.17) is 4.74 Å². The number of urea groups is 1. The van der Waals surface area contributed by atoms with Gasteiger partial charge in [-0.3, -0.25) is 4.79 Å². The summed E-state index contributed by atoms with van der Waals surface area (Å²) in [5.41, 5.74) is 1.13. The van der Waals surface area contributed by atoms with E-state index in [1.165, 1.54) is 6.92 Å². The van der Waals surface area contributed by atoms with Gasteiger partial charge in [0.15, 0.2) is 5.78 Å². The smallest absolute Gasteiger partial charge is 0.409 e. The molecule has 124 valence electrons. The number of nitrogens with zero attached hydrogens (tertiary/aromatic N) is 2. The molecular weight excluding hydrogens is 298 g/mol. The molecule has 1 aliphatic heterocycles. The zero-order chi connectivity index (χ0) is 16.8. The molecule has 0 radical (unpaired) electrons. The van der Waals surface area contributed by atoms with E-state index in [1.807, 2.05) is 0 Å². The summed E-state index contributed by atoms with van der Waals surface area (Å²) >= 11 is 0. The topological polar surface area (TPSA) is 79.0 Å². The molecule has 7 nitrogen and oxygen atoms in total. The van der Waals surface area contributed by atoms with Gasteiger partial charge in [0.05, 0.1) is 6.61 Å². The Morgan fingerprint density at radius 2 is 1.78 bits per heavy atom. The van der Waals surface area contributed by atoms with E-state index in [2.05, 4.69) is 5.32 Å². The predicted molar refractivity (Wildman–Crippen MR) is 85.6 cm³/mol. The molecule has 1 fully saturated rings. The van der Waals surface area contributed by atoms with Crippen LogP contribution < -0.4 is 5.32 Å². The number of anilines is 1. The van der Waals surface area contributed by atoms with Crippen molar-refractivity contribution < 1.29 is 19.1 Å². The number of ether oxygens (including phenoxy) is 1. The first-order valence-corrected chi connectivity index (χ1v) is 7.60. The van der Waals surface area contributed by atoms with Gasteiger partial charge >= 0.3 is 12.1 Å². The van der Waals surface area contributed by atoms with E-state index in [-0.39, 0.29) is 17.9 Å². The van der Waals surface area contributed by atoms with E-state index in [0.29, 0.717) is 44.0 Å². The van der Waals surface area contributed by atoms with Gasteiger partial charge < -0.3 is 19.9 Å². The third-order valence-electron chi connectivity index (χ3n) is 3.61. The van der Waals surface area contributed by atoms with Crippen LogP contribution in [0, 0.1) is 0 Å². The van der Waals surface area contributed by atoms with Crippen molar-refractivity contribution in [2.45, 2.75) is 13.8 Å². The maximum Gasteiger partial charge on any atom is 0.409 e. The molecule has 0 spiro atoms. The second-order valence-electron chi connectivity index (χ2n) is 5.24. The van der Waals surface area contributed by atoms with Crippen LogP contribution in [0.5, 0.6) is 0 Å². The fourth-order valence-electron chi connectivity index (χ4n) is 2.33. The maximum atomic E-state index is 12.2. The van der Waals surface area contributed by atoms with Crippen LogP contribution in [-0.2, 0) is 4.74 Å². The lowest BCUT2D eigenvalue weighted by Crippen LogP contribution is -2.51. The Morgan fingerprint density at radius 3 is 2.39 bits per heavy atom. The highest BCUT2D eigenvalue weighted by atomic mass is 16.6. The van der Waals surface area contributed by atoms with Crippen molar-refractivity contribution in [1.82, 2.24) is 9.80 Å². The highest BCUT2D eigenvalue weighted by Crippen LogP contribution is 2.13. The minimum absolute atomic E-state index is 0.0517. The van der Waals surface area contributed by atoms with Crippen molar-refractivity contribution >= 4 is 23.6 Å². The number of rotatable bonds is 3. The molecule has 1 heterocycles. The van der Waals surface area contributed by atoms with Gasteiger partial charge in [-0.2, -0.15) is 0 Å². The standard InChI is InChI=1S/C16H21N3O4/c1-3-23-16(22)19-9-7-18(8-10-19)15(21)17-14-6-4-5-13(11-14)12(2)20/h4-6,11H,3,7-10H2,1-2H3,(H,17,21). The largest absolute Gasteiger partial charge is 0.450 e. The number of Topliss-reactive ketones (excluding diaryl/α,β-unsaturated/α-hetero) is 1. The molecule has 7 heteroatoms. The van der Waals surface area contributed by atoms with Crippen molar-refractivity contribution in [3.63, 3.8) is 0 Å². The first-order chi connectivity index (χ1) is 11.0. The SMILES string of the molecule is CCOC(=O)N1CCN(C(=O)Nc2cccc(C(C)=O)c2)CC1. The van der Waals surface area contributed by atoms with Crippen LogP contribution in [0.4, 0.5) is 15.3 Å². The van der Waals surface area contributed by atoms with E-state index in [1.54, 1.807) is 41.0 Å². The molecule has 1 aromatic carbocycles. The Bertz CT molecular complexity index is 595. The summed E-state index contributed by atoms with van der Waals surface area (Å²) in [6.45, 7) is 5.35. The zero-order valence-corrected chi connectivity index (χ0v) is 13.4. The molecule has 0 atom stereocenters. The minimum Gasteiger partial charge on any atom is -0.450 e. The average molecular weight is 319 g/mol. The fourth-order valence-corrected chi connectivity index (χ4v) is 2.33. The quantitative estimate of drug-likeness (QED) is 0.866. The van der Waals surface area contributed by atoms with E-state index in [9.17, 15) is 14.4 Å². The molecule has 0 aliphatic carbocycles. The number of carbonyl (C=O) groups is 3. The van der Waals surface area contributed by atoms with Crippen molar-refractivity contribution in [2.24, 2.45) is 0 Å². The van der Waals surface area contributed by atoms with Gasteiger partial charge in [-0.1, -0.05) is 12.1 Å². The van der Waals surface area contributed by atoms with Crippen molar-refractivity contribution in [3.8, 4) is 0 Å². The summed E-state index contributed by atoms with van der Waals surface area (Å²) in [5, 5.41) is 2.78. The number of hydrogen-bond donors (Lipinski definition) is 1. The molecule has 1 aliphatic rings. The Labute approximate surface area is 135 Å². The lowest BCUT2D eigenvalue weighted by atomic mass is 10.1. The van der Waals surface area contributed by atoms with Crippen LogP contribution in [0.1, 0.15) is 24.2 Å². The Kier molecular flexibility index (Phi) is 5.56. The van der Waals surface area contributed by atoms with E-state index in [0.717, 1.165) is 0 Å². The van der Waals surface area contributed by atoms with Gasteiger partial charge in [-0.05, 0) is 26.0 Å². The number of hydrogen-bond acceptors (Lipinski definition) is 4. The number of nitrogens with one attached hydrogen (secondary N) is 1. The van der Waals surface area contributed by atoms with E-state index >= 15 is 0 Å². The molecule has 1 aromatic rings. The second kappa shape index (κ2) is 7.62. The molecule has 23 heavy (non-hydrogen) atoms. The zero-order valence-electron chi connectivity index (χ0n) is 13.4. The number of carbonyl (C=O) groups excluding carboxylic acids is 3. The van der Waals surface area contributed by atoms with Gasteiger partial charge in [0.25, 0.3) is 0 Å². The lowest BCUT2D eigenvalue weighted by Gasteiger charge is -2.34. The number of ketones is 1. The molecule has 0 bridgehead atoms. The van der Waals surface area contributed by atoms with Crippen LogP contribution in [0.25, 0.3) is 0 Å². The highest BCUT2D eigenvalue weighted by molar-refractivity contribution is 5.96. The summed E-state index contributed by atoms with van der Waals surface area (Å²) in [5.74, 6) is -0.0517. The van der Waals surface area contributed by atoms with Gasteiger partial charge in [0.1, 0.15) is 0 Å². The molecular formula is C16H21N3O4. The Hall–Kier alpha value is -2.57. The van der Waals surface area contributed by atoms with Gasteiger partial charge in [-0.25, -0.2) is 9.59 Å². The van der Waals surface area contributed by atoms with Crippen molar-refractivity contribution in [2.75, 3.05) is 38.1 Å². The monoisotopic (exact) mass is 319 g/mol. The third-order valence-corrected chi connectivity index (χ3v) is 3.61. The van der Waals surface area contributed by atoms with Gasteiger partial charge in [0, 0.05) is 37.4 Å². The first-order valence-electron chi connectivity index (χ1n) is 7.60. The number of amides is 3. The maximum absolute atomic E-state index is 12.2. The molecule has 1 N–H and O–H groups in total. The molecule has 0 unspecified atom stereocenters. The second-order valence-corrected chi connectivity index (χ2v) is 5.24. The Morgan fingerprint density at radius 1 is 1.13 bits per heavy atom. The lowest BCUT2D eigenvalue weighted by molar-refractivity contribution is 0.0868. The molecule has 1 saturated heterocycles.